The number of aromatic amines is 1. The highest BCUT2D eigenvalue weighted by atomic mass is 19.1. The van der Waals surface area contributed by atoms with Gasteiger partial charge < -0.3 is 11.1 Å². The first-order valence-electron chi connectivity index (χ1n) is 7.43. The lowest BCUT2D eigenvalue weighted by Crippen LogP contribution is -2.55. The Kier molecular flexibility index (Phi) is 3.85. The summed E-state index contributed by atoms with van der Waals surface area (Å²) in [7, 11) is 0. The fraction of sp³-hybridized carbons (Fsp3) is 0.312. The lowest BCUT2D eigenvalue weighted by atomic mass is 9.96. The number of nitrogens with two attached hydrogens (primary N) is 1. The zero-order chi connectivity index (χ0) is 16.4. The van der Waals surface area contributed by atoms with Crippen LogP contribution < -0.4 is 11.1 Å². The van der Waals surface area contributed by atoms with Crippen LogP contribution in [0.25, 0.3) is 11.3 Å². The van der Waals surface area contributed by atoms with E-state index in [0.717, 1.165) is 12.8 Å². The number of benzene rings is 1. The van der Waals surface area contributed by atoms with E-state index in [1.54, 1.807) is 12.1 Å². The normalized spacial score (nSPS) is 16.2. The van der Waals surface area contributed by atoms with Crippen LogP contribution in [0.5, 0.6) is 0 Å². The quantitative estimate of drug-likeness (QED) is 0.801. The number of H-pyrrole nitrogens is 1. The summed E-state index contributed by atoms with van der Waals surface area (Å²) in [5.41, 5.74) is 5.63. The minimum Gasteiger partial charge on any atom is -0.368 e. The second-order valence-electron chi connectivity index (χ2n) is 5.78. The van der Waals surface area contributed by atoms with Crippen molar-refractivity contribution in [2.45, 2.75) is 31.2 Å². The Labute approximate surface area is 132 Å². The van der Waals surface area contributed by atoms with Crippen LogP contribution in [0.2, 0.25) is 0 Å². The van der Waals surface area contributed by atoms with Crippen molar-refractivity contribution in [1.82, 2.24) is 15.5 Å². The van der Waals surface area contributed by atoms with Gasteiger partial charge in [0.25, 0.3) is 5.91 Å². The summed E-state index contributed by atoms with van der Waals surface area (Å²) in [5, 5.41) is 9.32. The standard InChI is InChI=1S/C16H17FN4O2/c17-11-5-3-4-10(8-11)13-12(9-19-21-13)14(22)20-16(15(18)23)6-1-2-7-16/h3-5,8-9H,1-2,6-7H2,(H2,18,23)(H,19,21)(H,20,22). The van der Waals surface area contributed by atoms with E-state index in [9.17, 15) is 14.0 Å². The summed E-state index contributed by atoms with van der Waals surface area (Å²) >= 11 is 0. The molecule has 6 nitrogen and oxygen atoms in total. The molecule has 1 aliphatic rings. The van der Waals surface area contributed by atoms with E-state index >= 15 is 0 Å². The molecule has 0 spiro atoms. The number of hydrogen-bond acceptors (Lipinski definition) is 3. The van der Waals surface area contributed by atoms with Crippen LogP contribution in [-0.2, 0) is 4.79 Å². The molecule has 1 aromatic heterocycles. The first-order chi connectivity index (χ1) is 11.0. The average molecular weight is 316 g/mol. The first-order valence-corrected chi connectivity index (χ1v) is 7.43. The van der Waals surface area contributed by atoms with Crippen molar-refractivity contribution in [3.8, 4) is 11.3 Å². The van der Waals surface area contributed by atoms with Crippen LogP contribution in [-0.4, -0.2) is 27.6 Å². The smallest absolute Gasteiger partial charge is 0.255 e. The second kappa shape index (κ2) is 5.83. The molecule has 2 amide bonds. The zero-order valence-corrected chi connectivity index (χ0v) is 12.4. The highest BCUT2D eigenvalue weighted by molar-refractivity contribution is 6.02. The van der Waals surface area contributed by atoms with Gasteiger partial charge in [0.2, 0.25) is 5.91 Å². The van der Waals surface area contributed by atoms with Crippen LogP contribution >= 0.6 is 0 Å². The predicted octanol–water partition coefficient (Wildman–Crippen LogP) is 1.74. The molecular formula is C16H17FN4O2. The van der Waals surface area contributed by atoms with Crippen molar-refractivity contribution in [2.75, 3.05) is 0 Å². The number of halogens is 1. The molecule has 0 aliphatic heterocycles. The van der Waals surface area contributed by atoms with Gasteiger partial charge in [-0.3, -0.25) is 14.7 Å². The van der Waals surface area contributed by atoms with Gasteiger partial charge in [-0.1, -0.05) is 25.0 Å². The number of rotatable bonds is 4. The van der Waals surface area contributed by atoms with Gasteiger partial charge in [0.05, 0.1) is 17.5 Å². The topological polar surface area (TPSA) is 101 Å². The number of nitrogens with one attached hydrogen (secondary N) is 2. The summed E-state index contributed by atoms with van der Waals surface area (Å²) in [5.74, 6) is -1.38. The molecule has 1 fully saturated rings. The molecule has 4 N–H and O–H groups in total. The average Bonchev–Trinajstić information content (AvgIpc) is 3.16. The third-order valence-corrected chi connectivity index (χ3v) is 4.28. The number of carbonyl (C=O) groups is 2. The summed E-state index contributed by atoms with van der Waals surface area (Å²) < 4.78 is 13.4. The molecule has 1 saturated carbocycles. The molecule has 0 saturated heterocycles. The largest absolute Gasteiger partial charge is 0.368 e. The SMILES string of the molecule is NC(=O)C1(NC(=O)c2cn[nH]c2-c2cccc(F)c2)CCCC1. The number of amides is 2. The number of aromatic nitrogens is 2. The summed E-state index contributed by atoms with van der Waals surface area (Å²) in [6.07, 6.45) is 4.10. The molecule has 0 radical (unpaired) electrons. The molecule has 2 aromatic rings. The summed E-state index contributed by atoms with van der Waals surface area (Å²) in [4.78, 5) is 24.3. The number of nitrogens with zero attached hydrogens (tertiary/aromatic N) is 1. The van der Waals surface area contributed by atoms with E-state index in [1.165, 1.54) is 18.3 Å². The molecular weight excluding hydrogens is 299 g/mol. The lowest BCUT2D eigenvalue weighted by Gasteiger charge is -2.26. The maximum Gasteiger partial charge on any atom is 0.255 e. The van der Waals surface area contributed by atoms with Gasteiger partial charge in [0.15, 0.2) is 0 Å². The van der Waals surface area contributed by atoms with Gasteiger partial charge in [-0.25, -0.2) is 4.39 Å². The van der Waals surface area contributed by atoms with Crippen molar-refractivity contribution >= 4 is 11.8 Å². The molecule has 0 unspecified atom stereocenters. The molecule has 0 atom stereocenters. The Morgan fingerprint density at radius 3 is 2.70 bits per heavy atom. The molecule has 7 heteroatoms. The number of hydrogen-bond donors (Lipinski definition) is 3. The Morgan fingerprint density at radius 1 is 1.30 bits per heavy atom. The van der Waals surface area contributed by atoms with E-state index in [2.05, 4.69) is 15.5 Å². The molecule has 0 bridgehead atoms. The summed E-state index contributed by atoms with van der Waals surface area (Å²) in [6, 6.07) is 5.85. The monoisotopic (exact) mass is 316 g/mol. The zero-order valence-electron chi connectivity index (χ0n) is 12.4. The van der Waals surface area contributed by atoms with E-state index < -0.39 is 23.2 Å². The predicted molar refractivity (Wildman–Crippen MR) is 81.8 cm³/mol. The van der Waals surface area contributed by atoms with Crippen molar-refractivity contribution in [3.63, 3.8) is 0 Å². The molecule has 1 heterocycles. The lowest BCUT2D eigenvalue weighted by molar-refractivity contribution is -0.123. The van der Waals surface area contributed by atoms with E-state index in [1.807, 2.05) is 0 Å². The van der Waals surface area contributed by atoms with Crippen molar-refractivity contribution < 1.29 is 14.0 Å². The van der Waals surface area contributed by atoms with Crippen molar-refractivity contribution in [1.29, 1.82) is 0 Å². The van der Waals surface area contributed by atoms with Gasteiger partial charge >= 0.3 is 0 Å². The van der Waals surface area contributed by atoms with E-state index in [0.29, 0.717) is 24.1 Å². The fourth-order valence-electron chi connectivity index (χ4n) is 3.02. The fourth-order valence-corrected chi connectivity index (χ4v) is 3.02. The Morgan fingerprint density at radius 2 is 2.04 bits per heavy atom. The molecule has 1 aromatic carbocycles. The second-order valence-corrected chi connectivity index (χ2v) is 5.78. The van der Waals surface area contributed by atoms with Crippen LogP contribution in [0.3, 0.4) is 0 Å². The Bertz CT molecular complexity index is 750. The van der Waals surface area contributed by atoms with E-state index in [4.69, 9.17) is 5.73 Å². The number of carbonyl (C=O) groups excluding carboxylic acids is 2. The van der Waals surface area contributed by atoms with Gasteiger partial charge in [-0.05, 0) is 25.0 Å². The van der Waals surface area contributed by atoms with E-state index in [-0.39, 0.29) is 5.56 Å². The van der Waals surface area contributed by atoms with Crippen LogP contribution in [0.4, 0.5) is 4.39 Å². The highest BCUT2D eigenvalue weighted by Crippen LogP contribution is 2.30. The van der Waals surface area contributed by atoms with Gasteiger partial charge in [-0.2, -0.15) is 5.10 Å². The molecule has 23 heavy (non-hydrogen) atoms. The summed E-state index contributed by atoms with van der Waals surface area (Å²) in [6.45, 7) is 0. The van der Waals surface area contributed by atoms with Gasteiger partial charge in [0.1, 0.15) is 11.4 Å². The third-order valence-electron chi connectivity index (χ3n) is 4.28. The molecule has 120 valence electrons. The maximum absolute atomic E-state index is 13.4. The van der Waals surface area contributed by atoms with Gasteiger partial charge in [-0.15, -0.1) is 0 Å². The van der Waals surface area contributed by atoms with Crippen molar-refractivity contribution in [2.24, 2.45) is 5.73 Å². The first kappa shape index (κ1) is 15.2. The highest BCUT2D eigenvalue weighted by Gasteiger charge is 2.41. The minimum atomic E-state index is -1.01. The van der Waals surface area contributed by atoms with Gasteiger partial charge in [0, 0.05) is 5.56 Å². The Hall–Kier alpha value is -2.70. The van der Waals surface area contributed by atoms with Crippen LogP contribution in [0.15, 0.2) is 30.5 Å². The molecule has 3 rings (SSSR count). The third kappa shape index (κ3) is 2.81. The molecule has 1 aliphatic carbocycles. The number of primary amides is 1. The van der Waals surface area contributed by atoms with Crippen molar-refractivity contribution in [3.05, 3.63) is 41.8 Å². The van der Waals surface area contributed by atoms with Crippen LogP contribution in [0, 0.1) is 5.82 Å². The van der Waals surface area contributed by atoms with Crippen LogP contribution in [0.1, 0.15) is 36.0 Å². The maximum atomic E-state index is 13.4. The Balaban J connectivity index is 1.90. The minimum absolute atomic E-state index is 0.253.